The van der Waals surface area contributed by atoms with Gasteiger partial charge in [0.25, 0.3) is 0 Å². The summed E-state index contributed by atoms with van der Waals surface area (Å²) in [5, 5.41) is 12.6. The molecular weight excluding hydrogens is 427 g/mol. The normalized spacial score (nSPS) is 13.5. The molecular formula is C23H21FN6OS. The molecule has 162 valence electrons. The Kier molecular flexibility index (Phi) is 6.82. The number of amides is 1. The summed E-state index contributed by atoms with van der Waals surface area (Å²) in [5.41, 5.74) is 1.54. The van der Waals surface area contributed by atoms with E-state index in [4.69, 9.17) is 5.26 Å². The highest BCUT2D eigenvalue weighted by Gasteiger charge is 2.20. The molecule has 32 heavy (non-hydrogen) atoms. The van der Waals surface area contributed by atoms with Gasteiger partial charge < -0.3 is 15.1 Å². The van der Waals surface area contributed by atoms with Crippen molar-refractivity contribution in [1.29, 1.82) is 5.26 Å². The van der Waals surface area contributed by atoms with Crippen LogP contribution >= 0.6 is 11.8 Å². The van der Waals surface area contributed by atoms with Crippen LogP contribution in [0, 0.1) is 17.1 Å². The van der Waals surface area contributed by atoms with Crippen LogP contribution in [0.15, 0.2) is 66.0 Å². The maximum absolute atomic E-state index is 14.0. The van der Waals surface area contributed by atoms with E-state index in [9.17, 15) is 9.18 Å². The van der Waals surface area contributed by atoms with E-state index < -0.39 is 0 Å². The number of halogens is 1. The SMILES string of the molecule is N#Cc1ccccc1NC(=O)CSc1cc(N2CCN(c3ccccc3F)CC2)ncn1. The fraction of sp³-hybridized carbons (Fsp3) is 0.217. The maximum atomic E-state index is 14.0. The van der Waals surface area contributed by atoms with Gasteiger partial charge in [0.2, 0.25) is 5.91 Å². The molecule has 1 aliphatic rings. The Labute approximate surface area is 189 Å². The number of para-hydroxylation sites is 2. The molecule has 0 saturated carbocycles. The van der Waals surface area contributed by atoms with Crippen LogP contribution < -0.4 is 15.1 Å². The number of carbonyl (C=O) groups is 1. The lowest BCUT2D eigenvalue weighted by Crippen LogP contribution is -2.47. The van der Waals surface area contributed by atoms with Crippen LogP contribution in [0.1, 0.15) is 5.56 Å². The van der Waals surface area contributed by atoms with Gasteiger partial charge in [0.05, 0.1) is 22.7 Å². The summed E-state index contributed by atoms with van der Waals surface area (Å²) in [6, 6.07) is 17.6. The topological polar surface area (TPSA) is 85.2 Å². The lowest BCUT2D eigenvalue weighted by molar-refractivity contribution is -0.113. The van der Waals surface area contributed by atoms with Gasteiger partial charge in [-0.15, -0.1) is 0 Å². The van der Waals surface area contributed by atoms with Crippen molar-refractivity contribution in [3.63, 3.8) is 0 Å². The maximum Gasteiger partial charge on any atom is 0.234 e. The van der Waals surface area contributed by atoms with Crippen LogP contribution in [0.2, 0.25) is 0 Å². The van der Waals surface area contributed by atoms with Crippen LogP contribution in [0.3, 0.4) is 0 Å². The first kappa shape index (κ1) is 21.6. The number of nitriles is 1. The van der Waals surface area contributed by atoms with E-state index in [1.807, 2.05) is 17.0 Å². The molecule has 0 radical (unpaired) electrons. The number of nitrogens with one attached hydrogen (secondary N) is 1. The quantitative estimate of drug-likeness (QED) is 0.456. The first-order chi connectivity index (χ1) is 15.6. The van der Waals surface area contributed by atoms with Gasteiger partial charge in [0.1, 0.15) is 29.1 Å². The Bertz CT molecular complexity index is 1140. The molecule has 4 rings (SSSR count). The van der Waals surface area contributed by atoms with Gasteiger partial charge in [0.15, 0.2) is 0 Å². The predicted octanol–water partition coefficient (Wildman–Crippen LogP) is 3.54. The Hall–Kier alpha value is -3.64. The summed E-state index contributed by atoms with van der Waals surface area (Å²) >= 11 is 1.31. The zero-order chi connectivity index (χ0) is 22.3. The molecule has 0 atom stereocenters. The second-order valence-corrected chi connectivity index (χ2v) is 8.13. The molecule has 7 nitrogen and oxygen atoms in total. The van der Waals surface area contributed by atoms with Crippen molar-refractivity contribution in [2.45, 2.75) is 5.03 Å². The summed E-state index contributed by atoms with van der Waals surface area (Å²) in [5.74, 6) is 0.525. The van der Waals surface area contributed by atoms with Crippen molar-refractivity contribution in [3.05, 3.63) is 72.3 Å². The number of thioether (sulfide) groups is 1. The largest absolute Gasteiger partial charge is 0.366 e. The first-order valence-electron chi connectivity index (χ1n) is 10.1. The lowest BCUT2D eigenvalue weighted by Gasteiger charge is -2.36. The lowest BCUT2D eigenvalue weighted by atomic mass is 10.2. The third-order valence-corrected chi connectivity index (χ3v) is 6.02. The third kappa shape index (κ3) is 5.15. The van der Waals surface area contributed by atoms with E-state index in [2.05, 4.69) is 26.3 Å². The third-order valence-electron chi connectivity index (χ3n) is 5.10. The molecule has 1 N–H and O–H groups in total. The zero-order valence-corrected chi connectivity index (χ0v) is 18.1. The minimum absolute atomic E-state index is 0.164. The van der Waals surface area contributed by atoms with Gasteiger partial charge in [-0.25, -0.2) is 14.4 Å². The predicted molar refractivity (Wildman–Crippen MR) is 123 cm³/mol. The van der Waals surface area contributed by atoms with Crippen molar-refractivity contribution in [1.82, 2.24) is 9.97 Å². The van der Waals surface area contributed by atoms with Gasteiger partial charge in [-0.05, 0) is 24.3 Å². The summed E-state index contributed by atoms with van der Waals surface area (Å²) in [4.78, 5) is 25.1. The van der Waals surface area contributed by atoms with Crippen LogP contribution in [0.4, 0.5) is 21.6 Å². The molecule has 0 bridgehead atoms. The molecule has 1 amide bonds. The number of carbonyl (C=O) groups excluding carboxylic acids is 1. The van der Waals surface area contributed by atoms with Gasteiger partial charge in [0, 0.05) is 32.2 Å². The van der Waals surface area contributed by atoms with Crippen molar-refractivity contribution >= 4 is 34.9 Å². The number of hydrogen-bond donors (Lipinski definition) is 1. The standard InChI is InChI=1S/C23H21FN6OS/c24-18-6-2-4-8-20(18)29-9-11-30(12-10-29)21-13-23(27-16-26-21)32-15-22(31)28-19-7-3-1-5-17(19)14-25/h1-8,13,16H,9-12,15H2,(H,28,31). The molecule has 1 fully saturated rings. The summed E-state index contributed by atoms with van der Waals surface area (Å²) < 4.78 is 14.0. The minimum atomic E-state index is -0.212. The van der Waals surface area contributed by atoms with Gasteiger partial charge >= 0.3 is 0 Å². The van der Waals surface area contributed by atoms with Gasteiger partial charge in [-0.1, -0.05) is 36.0 Å². The van der Waals surface area contributed by atoms with E-state index in [1.165, 1.54) is 24.2 Å². The number of hydrogen-bond acceptors (Lipinski definition) is 7. The van der Waals surface area contributed by atoms with Gasteiger partial charge in [-0.3, -0.25) is 4.79 Å². The fourth-order valence-electron chi connectivity index (χ4n) is 3.48. The molecule has 9 heteroatoms. The van der Waals surface area contributed by atoms with E-state index in [0.717, 1.165) is 5.82 Å². The van der Waals surface area contributed by atoms with Crippen LogP contribution in [-0.4, -0.2) is 47.8 Å². The average Bonchev–Trinajstić information content (AvgIpc) is 2.84. The molecule has 0 unspecified atom stereocenters. The Morgan fingerprint density at radius 3 is 2.56 bits per heavy atom. The van der Waals surface area contributed by atoms with E-state index in [-0.39, 0.29) is 17.5 Å². The monoisotopic (exact) mass is 448 g/mol. The zero-order valence-electron chi connectivity index (χ0n) is 17.2. The Balaban J connectivity index is 1.32. The van der Waals surface area contributed by atoms with Crippen molar-refractivity contribution in [3.8, 4) is 6.07 Å². The molecule has 0 aliphatic carbocycles. The smallest absolute Gasteiger partial charge is 0.234 e. The summed E-state index contributed by atoms with van der Waals surface area (Å²) in [6.45, 7) is 2.80. The van der Waals surface area contributed by atoms with E-state index in [1.54, 1.807) is 36.4 Å². The Morgan fingerprint density at radius 1 is 1.06 bits per heavy atom. The second kappa shape index (κ2) is 10.1. The number of anilines is 3. The molecule has 3 aromatic rings. The second-order valence-electron chi connectivity index (χ2n) is 7.13. The molecule has 2 heterocycles. The molecule has 0 spiro atoms. The number of aromatic nitrogens is 2. The summed E-state index contributed by atoms with van der Waals surface area (Å²) in [6.07, 6.45) is 1.49. The first-order valence-corrected chi connectivity index (χ1v) is 11.1. The van der Waals surface area contributed by atoms with Crippen LogP contribution in [0.5, 0.6) is 0 Å². The highest BCUT2D eigenvalue weighted by atomic mass is 32.2. The molecule has 1 aromatic heterocycles. The van der Waals surface area contributed by atoms with Crippen molar-refractivity contribution in [2.75, 3.05) is 47.0 Å². The van der Waals surface area contributed by atoms with Crippen molar-refractivity contribution in [2.24, 2.45) is 0 Å². The fourth-order valence-corrected chi connectivity index (χ4v) is 4.14. The number of piperazine rings is 1. The van der Waals surface area contributed by atoms with Crippen LogP contribution in [0.25, 0.3) is 0 Å². The average molecular weight is 449 g/mol. The number of rotatable bonds is 6. The van der Waals surface area contributed by atoms with E-state index in [0.29, 0.717) is 48.1 Å². The molecule has 2 aromatic carbocycles. The number of nitrogens with zero attached hydrogens (tertiary/aromatic N) is 5. The van der Waals surface area contributed by atoms with Gasteiger partial charge in [-0.2, -0.15) is 5.26 Å². The highest BCUT2D eigenvalue weighted by Crippen LogP contribution is 2.24. The number of benzene rings is 2. The minimum Gasteiger partial charge on any atom is -0.366 e. The summed E-state index contributed by atoms with van der Waals surface area (Å²) in [7, 11) is 0. The van der Waals surface area contributed by atoms with E-state index >= 15 is 0 Å². The molecule has 1 saturated heterocycles. The van der Waals surface area contributed by atoms with Crippen LogP contribution in [-0.2, 0) is 4.79 Å². The molecule has 1 aliphatic heterocycles. The van der Waals surface area contributed by atoms with Crippen molar-refractivity contribution < 1.29 is 9.18 Å². The highest BCUT2D eigenvalue weighted by molar-refractivity contribution is 7.99. The Morgan fingerprint density at radius 2 is 1.78 bits per heavy atom.